The highest BCUT2D eigenvalue weighted by Gasteiger charge is 2.30. The van der Waals surface area contributed by atoms with Gasteiger partial charge >= 0.3 is 5.76 Å². The number of halogens is 3. The Morgan fingerprint density at radius 1 is 1.46 bits per heavy atom. The standard InChI is InChI=1S/C6H12BrF2NO2S/c1-2-10(5-3-4-7)13(11,12)6(8)9/h6H,2-5H2,1H3. The zero-order chi connectivity index (χ0) is 10.5. The molecular formula is C6H12BrF2NO2S. The maximum absolute atomic E-state index is 12.0. The second-order valence-electron chi connectivity index (χ2n) is 2.34. The quantitative estimate of drug-likeness (QED) is 0.694. The SMILES string of the molecule is CCN(CCCBr)S(=O)(=O)C(F)F. The molecule has 0 radical (unpaired) electrons. The Morgan fingerprint density at radius 2 is 2.00 bits per heavy atom. The highest BCUT2D eigenvalue weighted by molar-refractivity contribution is 9.09. The van der Waals surface area contributed by atoms with Gasteiger partial charge in [-0.15, -0.1) is 0 Å². The lowest BCUT2D eigenvalue weighted by atomic mass is 10.5. The molecule has 0 fully saturated rings. The Morgan fingerprint density at radius 3 is 2.31 bits per heavy atom. The fourth-order valence-electron chi connectivity index (χ4n) is 0.814. The molecule has 0 aliphatic rings. The van der Waals surface area contributed by atoms with Crippen molar-refractivity contribution in [2.75, 3.05) is 18.4 Å². The minimum atomic E-state index is -4.38. The summed E-state index contributed by atoms with van der Waals surface area (Å²) in [4.78, 5) is 0. The van der Waals surface area contributed by atoms with Gasteiger partial charge in [0, 0.05) is 18.4 Å². The lowest BCUT2D eigenvalue weighted by Crippen LogP contribution is -2.36. The Balaban J connectivity index is 4.39. The molecule has 13 heavy (non-hydrogen) atoms. The van der Waals surface area contributed by atoms with E-state index in [0.717, 1.165) is 4.31 Å². The van der Waals surface area contributed by atoms with Crippen LogP contribution in [0.5, 0.6) is 0 Å². The summed E-state index contributed by atoms with van der Waals surface area (Å²) in [5.74, 6) is -3.32. The van der Waals surface area contributed by atoms with E-state index >= 15 is 0 Å². The molecule has 3 nitrogen and oxygen atoms in total. The first-order valence-corrected chi connectivity index (χ1v) is 6.42. The molecule has 7 heteroatoms. The van der Waals surface area contributed by atoms with Crippen LogP contribution in [0.2, 0.25) is 0 Å². The molecule has 0 bridgehead atoms. The molecule has 0 aromatic rings. The van der Waals surface area contributed by atoms with Crippen LogP contribution < -0.4 is 0 Å². The van der Waals surface area contributed by atoms with Gasteiger partial charge in [0.25, 0.3) is 10.0 Å². The van der Waals surface area contributed by atoms with Crippen LogP contribution in [0.3, 0.4) is 0 Å². The summed E-state index contributed by atoms with van der Waals surface area (Å²) in [5, 5.41) is 0.599. The van der Waals surface area contributed by atoms with Gasteiger partial charge in [-0.05, 0) is 6.42 Å². The maximum Gasteiger partial charge on any atom is 0.350 e. The molecule has 0 saturated carbocycles. The summed E-state index contributed by atoms with van der Waals surface area (Å²) >= 11 is 3.10. The molecule has 0 atom stereocenters. The monoisotopic (exact) mass is 279 g/mol. The van der Waals surface area contributed by atoms with E-state index in [1.54, 1.807) is 0 Å². The predicted octanol–water partition coefficient (Wildman–Crippen LogP) is 1.65. The van der Waals surface area contributed by atoms with E-state index in [1.165, 1.54) is 6.92 Å². The van der Waals surface area contributed by atoms with Gasteiger partial charge in [-0.25, -0.2) is 8.42 Å². The first-order valence-electron chi connectivity index (χ1n) is 3.79. The fraction of sp³-hybridized carbons (Fsp3) is 1.00. The minimum Gasteiger partial charge on any atom is -0.206 e. The fourth-order valence-corrected chi connectivity index (χ4v) is 2.03. The van der Waals surface area contributed by atoms with E-state index in [-0.39, 0.29) is 13.1 Å². The van der Waals surface area contributed by atoms with E-state index in [1.807, 2.05) is 0 Å². The number of rotatable bonds is 6. The van der Waals surface area contributed by atoms with E-state index in [2.05, 4.69) is 15.9 Å². The number of sulfonamides is 1. The third-order valence-corrected chi connectivity index (χ3v) is 3.65. The number of hydrogen-bond donors (Lipinski definition) is 0. The van der Waals surface area contributed by atoms with E-state index in [9.17, 15) is 17.2 Å². The molecular weight excluding hydrogens is 268 g/mol. The molecule has 0 N–H and O–H groups in total. The third-order valence-electron chi connectivity index (χ3n) is 1.48. The molecule has 0 aromatic carbocycles. The molecule has 0 spiro atoms. The predicted molar refractivity (Wildman–Crippen MR) is 50.6 cm³/mol. The zero-order valence-corrected chi connectivity index (χ0v) is 9.61. The highest BCUT2D eigenvalue weighted by atomic mass is 79.9. The maximum atomic E-state index is 12.0. The smallest absolute Gasteiger partial charge is 0.206 e. The molecule has 0 saturated heterocycles. The van der Waals surface area contributed by atoms with Crippen LogP contribution in [0.25, 0.3) is 0 Å². The normalized spacial score (nSPS) is 12.8. The summed E-state index contributed by atoms with van der Waals surface area (Å²) in [5.41, 5.74) is 0. The van der Waals surface area contributed by atoms with Crippen LogP contribution in [0.1, 0.15) is 13.3 Å². The van der Waals surface area contributed by atoms with Gasteiger partial charge in [-0.2, -0.15) is 13.1 Å². The van der Waals surface area contributed by atoms with Gasteiger partial charge in [-0.3, -0.25) is 0 Å². The number of hydrogen-bond acceptors (Lipinski definition) is 2. The summed E-state index contributed by atoms with van der Waals surface area (Å²) in [7, 11) is -4.38. The second kappa shape index (κ2) is 5.87. The molecule has 0 amide bonds. The van der Waals surface area contributed by atoms with Crippen molar-refractivity contribution in [2.45, 2.75) is 19.1 Å². The first-order chi connectivity index (χ1) is 5.96. The molecule has 0 unspecified atom stereocenters. The number of nitrogens with zero attached hydrogens (tertiary/aromatic N) is 1. The third kappa shape index (κ3) is 3.86. The van der Waals surface area contributed by atoms with Gasteiger partial charge in [0.15, 0.2) is 0 Å². The van der Waals surface area contributed by atoms with Crippen molar-refractivity contribution in [3.8, 4) is 0 Å². The van der Waals surface area contributed by atoms with Crippen molar-refractivity contribution in [3.63, 3.8) is 0 Å². The van der Waals surface area contributed by atoms with Gasteiger partial charge < -0.3 is 0 Å². The average Bonchev–Trinajstić information content (AvgIpc) is 2.05. The van der Waals surface area contributed by atoms with Crippen LogP contribution >= 0.6 is 15.9 Å². The van der Waals surface area contributed by atoms with Crippen LogP contribution in [-0.4, -0.2) is 36.9 Å². The Hall–Kier alpha value is 0.250. The second-order valence-corrected chi connectivity index (χ2v) is 5.04. The molecule has 0 aliphatic carbocycles. The van der Waals surface area contributed by atoms with E-state index in [0.29, 0.717) is 11.8 Å². The van der Waals surface area contributed by atoms with Gasteiger partial charge in [0.05, 0.1) is 0 Å². The molecule has 0 rings (SSSR count). The largest absolute Gasteiger partial charge is 0.350 e. The summed E-state index contributed by atoms with van der Waals surface area (Å²) < 4.78 is 46.7. The summed E-state index contributed by atoms with van der Waals surface area (Å²) in [6.07, 6.45) is 0.528. The van der Waals surface area contributed by atoms with Crippen LogP contribution in [-0.2, 0) is 10.0 Å². The molecule has 80 valence electrons. The molecule has 0 heterocycles. The average molecular weight is 280 g/mol. The van der Waals surface area contributed by atoms with Crippen LogP contribution in [0, 0.1) is 0 Å². The van der Waals surface area contributed by atoms with Gasteiger partial charge in [0.2, 0.25) is 0 Å². The van der Waals surface area contributed by atoms with Crippen molar-refractivity contribution in [1.82, 2.24) is 4.31 Å². The van der Waals surface area contributed by atoms with Crippen molar-refractivity contribution in [3.05, 3.63) is 0 Å². The first kappa shape index (κ1) is 13.2. The Bertz CT molecular complexity index is 233. The summed E-state index contributed by atoms with van der Waals surface area (Å²) in [6.45, 7) is 1.75. The molecule has 0 aliphatic heterocycles. The van der Waals surface area contributed by atoms with E-state index in [4.69, 9.17) is 0 Å². The topological polar surface area (TPSA) is 37.4 Å². The van der Waals surface area contributed by atoms with Crippen LogP contribution in [0.15, 0.2) is 0 Å². The summed E-state index contributed by atoms with van der Waals surface area (Å²) in [6, 6.07) is 0. The van der Waals surface area contributed by atoms with Crippen molar-refractivity contribution in [1.29, 1.82) is 0 Å². The lowest BCUT2D eigenvalue weighted by Gasteiger charge is -2.18. The van der Waals surface area contributed by atoms with Crippen LogP contribution in [0.4, 0.5) is 8.78 Å². The minimum absolute atomic E-state index is 0.0830. The number of alkyl halides is 3. The Kier molecular flexibility index (Phi) is 5.98. The van der Waals surface area contributed by atoms with Gasteiger partial charge in [-0.1, -0.05) is 22.9 Å². The van der Waals surface area contributed by atoms with Crippen molar-refractivity contribution >= 4 is 26.0 Å². The van der Waals surface area contributed by atoms with E-state index < -0.39 is 15.8 Å². The van der Waals surface area contributed by atoms with Gasteiger partial charge in [0.1, 0.15) is 0 Å². The Labute approximate surface area is 85.3 Å². The zero-order valence-electron chi connectivity index (χ0n) is 7.21. The van der Waals surface area contributed by atoms with Crippen molar-refractivity contribution in [2.24, 2.45) is 0 Å². The van der Waals surface area contributed by atoms with Crippen molar-refractivity contribution < 1.29 is 17.2 Å². The molecule has 0 aromatic heterocycles. The highest BCUT2D eigenvalue weighted by Crippen LogP contribution is 2.12. The lowest BCUT2D eigenvalue weighted by molar-refractivity contribution is 0.219.